The zero-order valence-corrected chi connectivity index (χ0v) is 19.1. The molecule has 2 amide bonds. The highest BCUT2D eigenvalue weighted by molar-refractivity contribution is 5.93. The van der Waals surface area contributed by atoms with Crippen LogP contribution in [0.3, 0.4) is 0 Å². The Hall–Kier alpha value is -3.39. The van der Waals surface area contributed by atoms with Gasteiger partial charge in [-0.3, -0.25) is 4.79 Å². The summed E-state index contributed by atoms with van der Waals surface area (Å²) in [5, 5.41) is 12.2. The van der Waals surface area contributed by atoms with Crippen LogP contribution in [0.5, 0.6) is 0 Å². The predicted molar refractivity (Wildman–Crippen MR) is 123 cm³/mol. The average Bonchev–Trinajstić information content (AvgIpc) is 3.55. The van der Waals surface area contributed by atoms with Crippen LogP contribution in [0.4, 0.5) is 4.79 Å². The van der Waals surface area contributed by atoms with Gasteiger partial charge >= 0.3 is 12.1 Å². The number of aliphatic carboxylic acids is 1. The van der Waals surface area contributed by atoms with Gasteiger partial charge in [0.05, 0.1) is 0 Å². The molecule has 33 heavy (non-hydrogen) atoms. The first-order valence-electron chi connectivity index (χ1n) is 11.0. The number of alkyl carbamates (subject to hydrolysis) is 1. The summed E-state index contributed by atoms with van der Waals surface area (Å²) >= 11 is 0. The van der Waals surface area contributed by atoms with Crippen molar-refractivity contribution in [3.05, 3.63) is 59.7 Å². The molecule has 2 aliphatic rings. The number of rotatable bonds is 8. The lowest BCUT2D eigenvalue weighted by Crippen LogP contribution is -2.56. The van der Waals surface area contributed by atoms with E-state index >= 15 is 0 Å². The van der Waals surface area contributed by atoms with Crippen LogP contribution in [0, 0.1) is 0 Å². The van der Waals surface area contributed by atoms with Crippen molar-refractivity contribution < 1.29 is 24.2 Å². The predicted octanol–water partition coefficient (Wildman–Crippen LogP) is 2.53. The highest BCUT2D eigenvalue weighted by Crippen LogP contribution is 2.44. The number of ether oxygens (including phenoxy) is 1. The molecule has 1 unspecified atom stereocenters. The molecule has 0 saturated heterocycles. The van der Waals surface area contributed by atoms with Gasteiger partial charge in [-0.2, -0.15) is 0 Å². The molecule has 1 fully saturated rings. The van der Waals surface area contributed by atoms with Gasteiger partial charge in [-0.25, -0.2) is 9.59 Å². The smallest absolute Gasteiger partial charge is 0.407 e. The van der Waals surface area contributed by atoms with E-state index in [0.717, 1.165) is 22.3 Å². The van der Waals surface area contributed by atoms with E-state index in [1.807, 2.05) is 36.4 Å². The number of carboxylic acid groups (broad SMARTS) is 1. The maximum Gasteiger partial charge on any atom is 0.407 e. The number of nitrogens with one attached hydrogen (secondary N) is 1. The second-order valence-electron chi connectivity index (χ2n) is 9.02. The van der Waals surface area contributed by atoms with E-state index in [1.165, 1.54) is 11.9 Å². The molecule has 0 aliphatic heterocycles. The topological polar surface area (TPSA) is 99.2 Å². The van der Waals surface area contributed by atoms with Crippen molar-refractivity contribution in [2.75, 3.05) is 34.3 Å². The van der Waals surface area contributed by atoms with Crippen LogP contribution in [-0.2, 0) is 14.3 Å². The number of hydrogen-bond donors (Lipinski definition) is 2. The molecule has 0 spiro atoms. The molecule has 2 N–H and O–H groups in total. The number of amides is 2. The fourth-order valence-corrected chi connectivity index (χ4v) is 4.59. The van der Waals surface area contributed by atoms with E-state index in [2.05, 4.69) is 17.4 Å². The molecular formula is C25H29N3O5. The van der Waals surface area contributed by atoms with E-state index in [4.69, 9.17) is 4.74 Å². The van der Waals surface area contributed by atoms with Gasteiger partial charge in [-0.15, -0.1) is 0 Å². The minimum atomic E-state index is -1.18. The lowest BCUT2D eigenvalue weighted by atomic mass is 9.98. The van der Waals surface area contributed by atoms with E-state index in [9.17, 15) is 19.5 Å². The standard InChI is InChI=1S/C25H29N3O5/c1-27(2)14-21(22(29)28(3)25(12-13-25)23(30)31)26-24(32)33-15-20-18-10-6-4-8-16(18)17-9-5-7-11-19(17)20/h4-11,20-21H,12-15H2,1-3H3,(H,26,32)(H,30,31). The number of carboxylic acids is 1. The molecule has 8 heteroatoms. The van der Waals surface area contributed by atoms with Gasteiger partial charge < -0.3 is 25.0 Å². The Morgan fingerprint density at radius 1 is 1.03 bits per heavy atom. The van der Waals surface area contributed by atoms with Gasteiger partial charge in [0.1, 0.15) is 18.2 Å². The highest BCUT2D eigenvalue weighted by Gasteiger charge is 2.56. The fraction of sp³-hybridized carbons (Fsp3) is 0.400. The van der Waals surface area contributed by atoms with Gasteiger partial charge in [-0.1, -0.05) is 48.5 Å². The maximum atomic E-state index is 13.1. The van der Waals surface area contributed by atoms with Crippen molar-refractivity contribution in [2.45, 2.75) is 30.3 Å². The monoisotopic (exact) mass is 451 g/mol. The summed E-state index contributed by atoms with van der Waals surface area (Å²) < 4.78 is 5.57. The van der Waals surface area contributed by atoms with E-state index in [1.54, 1.807) is 19.0 Å². The minimum Gasteiger partial charge on any atom is -0.479 e. The number of carbonyl (C=O) groups excluding carboxylic acids is 2. The van der Waals surface area contributed by atoms with Crippen molar-refractivity contribution in [3.63, 3.8) is 0 Å². The summed E-state index contributed by atoms with van der Waals surface area (Å²) in [6, 6.07) is 15.2. The number of carbonyl (C=O) groups is 3. The number of hydrogen-bond acceptors (Lipinski definition) is 5. The Kier molecular flexibility index (Phi) is 6.12. The molecule has 4 rings (SSSR count). The van der Waals surface area contributed by atoms with Crippen LogP contribution in [0.2, 0.25) is 0 Å². The van der Waals surface area contributed by atoms with Crippen molar-refractivity contribution in [1.82, 2.24) is 15.1 Å². The first-order valence-corrected chi connectivity index (χ1v) is 11.0. The van der Waals surface area contributed by atoms with Gasteiger partial charge in [0.15, 0.2) is 0 Å². The molecule has 0 radical (unpaired) electrons. The Balaban J connectivity index is 1.44. The Morgan fingerprint density at radius 2 is 1.58 bits per heavy atom. The van der Waals surface area contributed by atoms with Gasteiger partial charge in [-0.05, 0) is 49.2 Å². The third-order valence-corrected chi connectivity index (χ3v) is 6.58. The average molecular weight is 452 g/mol. The normalized spacial score (nSPS) is 16.5. The summed E-state index contributed by atoms with van der Waals surface area (Å²) in [6.45, 7) is 0.362. The molecule has 1 atom stereocenters. The largest absolute Gasteiger partial charge is 0.479 e. The maximum absolute atomic E-state index is 13.1. The van der Waals surface area contributed by atoms with Gasteiger partial charge in [0, 0.05) is 19.5 Å². The van der Waals surface area contributed by atoms with Crippen molar-refractivity contribution >= 4 is 18.0 Å². The zero-order chi connectivity index (χ0) is 23.8. The van der Waals surface area contributed by atoms with Gasteiger partial charge in [0.25, 0.3) is 0 Å². The summed E-state index contributed by atoms with van der Waals surface area (Å²) in [5.74, 6) is -1.56. The molecule has 0 heterocycles. The number of nitrogens with zero attached hydrogens (tertiary/aromatic N) is 2. The second kappa shape index (κ2) is 8.86. The molecule has 2 aromatic carbocycles. The first kappa shape index (κ1) is 22.8. The van der Waals surface area contributed by atoms with Crippen molar-refractivity contribution in [2.24, 2.45) is 0 Å². The Bertz CT molecular complexity index is 1030. The summed E-state index contributed by atoms with van der Waals surface area (Å²) in [7, 11) is 5.04. The van der Waals surface area contributed by atoms with E-state index in [0.29, 0.717) is 12.8 Å². The van der Waals surface area contributed by atoms with Crippen molar-refractivity contribution in [1.29, 1.82) is 0 Å². The SMILES string of the molecule is CN(C)CC(NC(=O)OCC1c2ccccc2-c2ccccc21)C(=O)N(C)C1(C(=O)O)CC1. The summed E-state index contributed by atoms with van der Waals surface area (Å²) in [5.41, 5.74) is 3.29. The summed E-state index contributed by atoms with van der Waals surface area (Å²) in [4.78, 5) is 40.4. The summed E-state index contributed by atoms with van der Waals surface area (Å²) in [6.07, 6.45) is 0.111. The molecule has 0 aromatic heterocycles. The number of benzene rings is 2. The zero-order valence-electron chi connectivity index (χ0n) is 19.1. The Labute approximate surface area is 193 Å². The second-order valence-corrected chi connectivity index (χ2v) is 9.02. The third kappa shape index (κ3) is 4.30. The van der Waals surface area contributed by atoms with E-state index in [-0.39, 0.29) is 19.1 Å². The quantitative estimate of drug-likeness (QED) is 0.640. The number of likely N-dealkylation sites (N-methyl/N-ethyl adjacent to an activating group) is 2. The molecule has 1 saturated carbocycles. The first-order chi connectivity index (χ1) is 15.7. The lowest BCUT2D eigenvalue weighted by molar-refractivity contribution is -0.151. The molecule has 0 bridgehead atoms. The highest BCUT2D eigenvalue weighted by atomic mass is 16.5. The van der Waals surface area contributed by atoms with Crippen LogP contribution in [0.15, 0.2) is 48.5 Å². The van der Waals surface area contributed by atoms with Gasteiger partial charge in [0.2, 0.25) is 5.91 Å². The van der Waals surface area contributed by atoms with Crippen molar-refractivity contribution in [3.8, 4) is 11.1 Å². The molecule has 174 valence electrons. The van der Waals surface area contributed by atoms with Crippen LogP contribution in [0.25, 0.3) is 11.1 Å². The minimum absolute atomic E-state index is 0.0874. The van der Waals surface area contributed by atoms with Crippen LogP contribution in [0.1, 0.15) is 29.9 Å². The lowest BCUT2D eigenvalue weighted by Gasteiger charge is -2.30. The molecular weight excluding hydrogens is 422 g/mol. The fourth-order valence-electron chi connectivity index (χ4n) is 4.59. The Morgan fingerprint density at radius 3 is 2.06 bits per heavy atom. The van der Waals surface area contributed by atoms with Crippen LogP contribution in [-0.4, -0.2) is 78.8 Å². The van der Waals surface area contributed by atoms with Crippen LogP contribution >= 0.6 is 0 Å². The number of fused-ring (bicyclic) bond motifs is 3. The molecule has 8 nitrogen and oxygen atoms in total. The van der Waals surface area contributed by atoms with E-state index < -0.39 is 29.6 Å². The molecule has 2 aromatic rings. The van der Waals surface area contributed by atoms with Crippen LogP contribution < -0.4 is 5.32 Å². The third-order valence-electron chi connectivity index (χ3n) is 6.58. The molecule has 2 aliphatic carbocycles.